The van der Waals surface area contributed by atoms with Gasteiger partial charge in [-0.3, -0.25) is 9.59 Å². The van der Waals surface area contributed by atoms with E-state index in [0.717, 1.165) is 0 Å². The molecular weight excluding hydrogens is 425 g/mol. The first-order valence-electron chi connectivity index (χ1n) is 9.43. The van der Waals surface area contributed by atoms with E-state index in [-0.39, 0.29) is 17.9 Å². The summed E-state index contributed by atoms with van der Waals surface area (Å²) >= 11 is 0. The number of hydrogen-bond donors (Lipinski definition) is 2. The van der Waals surface area contributed by atoms with Gasteiger partial charge < -0.3 is 20.5 Å². The van der Waals surface area contributed by atoms with Gasteiger partial charge in [-0.2, -0.15) is 13.2 Å². The molecule has 0 atom stereocenters. The van der Waals surface area contributed by atoms with E-state index >= 15 is 0 Å². The van der Waals surface area contributed by atoms with E-state index in [1.165, 1.54) is 24.3 Å². The van der Waals surface area contributed by atoms with Gasteiger partial charge in [0.15, 0.2) is 6.61 Å². The van der Waals surface area contributed by atoms with Crippen LogP contribution in [0.5, 0.6) is 11.5 Å². The van der Waals surface area contributed by atoms with E-state index in [4.69, 9.17) is 10.5 Å². The van der Waals surface area contributed by atoms with Crippen LogP contribution in [-0.2, 0) is 6.61 Å². The second-order valence-electron chi connectivity index (χ2n) is 6.73. The third-order valence-corrected chi connectivity index (χ3v) is 4.25. The highest BCUT2D eigenvalue weighted by atomic mass is 19.4. The predicted octanol–water partition coefficient (Wildman–Crippen LogP) is 4.56. The summed E-state index contributed by atoms with van der Waals surface area (Å²) in [5.41, 5.74) is 7.03. The molecule has 0 heterocycles. The SMILES string of the molecule is NC(=O)c1ccccc1OCc1cccc(C(=O)Nc2ccc(OCC(F)(F)F)cc2)c1. The molecule has 0 aliphatic rings. The van der Waals surface area contributed by atoms with Crippen LogP contribution in [0.15, 0.2) is 72.8 Å². The maximum absolute atomic E-state index is 12.5. The minimum atomic E-state index is -4.43. The fourth-order valence-electron chi connectivity index (χ4n) is 2.76. The standard InChI is InChI=1S/C23H19F3N2O4/c24-23(25,26)14-32-18-10-8-17(9-11-18)28-22(30)16-5-3-4-15(12-16)13-31-20-7-2-1-6-19(20)21(27)29/h1-12H,13-14H2,(H2,27,29)(H,28,30). The number of anilines is 1. The zero-order valence-electron chi connectivity index (χ0n) is 16.7. The van der Waals surface area contributed by atoms with E-state index < -0.39 is 24.6 Å². The Bertz CT molecular complexity index is 1100. The number of primary amides is 1. The fraction of sp³-hybridized carbons (Fsp3) is 0.130. The van der Waals surface area contributed by atoms with Gasteiger partial charge in [-0.1, -0.05) is 24.3 Å². The van der Waals surface area contributed by atoms with Crippen LogP contribution >= 0.6 is 0 Å². The summed E-state index contributed by atoms with van der Waals surface area (Å²) in [6.07, 6.45) is -4.43. The van der Waals surface area contributed by atoms with E-state index in [0.29, 0.717) is 22.6 Å². The highest BCUT2D eigenvalue weighted by Gasteiger charge is 2.28. The van der Waals surface area contributed by atoms with E-state index in [1.807, 2.05) is 0 Å². The molecule has 0 radical (unpaired) electrons. The molecule has 0 aromatic heterocycles. The number of ether oxygens (including phenoxy) is 2. The second-order valence-corrected chi connectivity index (χ2v) is 6.73. The first kappa shape index (κ1) is 22.7. The van der Waals surface area contributed by atoms with Gasteiger partial charge in [0.05, 0.1) is 5.56 Å². The smallest absolute Gasteiger partial charge is 0.422 e. The third-order valence-electron chi connectivity index (χ3n) is 4.25. The molecule has 0 aliphatic heterocycles. The molecule has 166 valence electrons. The second kappa shape index (κ2) is 9.86. The first-order valence-corrected chi connectivity index (χ1v) is 9.43. The Morgan fingerprint density at radius 3 is 2.31 bits per heavy atom. The van der Waals surface area contributed by atoms with E-state index in [2.05, 4.69) is 10.1 Å². The number of halogens is 3. The molecule has 0 aliphatic carbocycles. The highest BCUT2D eigenvalue weighted by Crippen LogP contribution is 2.21. The largest absolute Gasteiger partial charge is 0.488 e. The molecule has 3 aromatic rings. The Kier molecular flexibility index (Phi) is 6.99. The third kappa shape index (κ3) is 6.49. The minimum absolute atomic E-state index is 0.0377. The number of benzene rings is 3. The fourth-order valence-corrected chi connectivity index (χ4v) is 2.76. The summed E-state index contributed by atoms with van der Waals surface area (Å²) in [5.74, 6) is -0.643. The number of carbonyl (C=O) groups excluding carboxylic acids is 2. The molecule has 9 heteroatoms. The van der Waals surface area contributed by atoms with Gasteiger partial charge in [-0.25, -0.2) is 0 Å². The summed E-state index contributed by atoms with van der Waals surface area (Å²) < 4.78 is 46.9. The average molecular weight is 444 g/mol. The van der Waals surface area contributed by atoms with Crippen LogP contribution < -0.4 is 20.5 Å². The van der Waals surface area contributed by atoms with Crippen LogP contribution in [0.4, 0.5) is 18.9 Å². The number of hydrogen-bond acceptors (Lipinski definition) is 4. The highest BCUT2D eigenvalue weighted by molar-refractivity contribution is 6.04. The lowest BCUT2D eigenvalue weighted by molar-refractivity contribution is -0.153. The number of amides is 2. The normalized spacial score (nSPS) is 11.0. The van der Waals surface area contributed by atoms with Crippen LogP contribution in [0.25, 0.3) is 0 Å². The number of alkyl halides is 3. The van der Waals surface area contributed by atoms with Crippen LogP contribution in [0, 0.1) is 0 Å². The van der Waals surface area contributed by atoms with Crippen LogP contribution in [0.3, 0.4) is 0 Å². The quantitative estimate of drug-likeness (QED) is 0.533. The molecule has 3 rings (SSSR count). The first-order chi connectivity index (χ1) is 15.2. The Morgan fingerprint density at radius 1 is 0.906 bits per heavy atom. The minimum Gasteiger partial charge on any atom is -0.488 e. The number of para-hydroxylation sites is 1. The lowest BCUT2D eigenvalue weighted by atomic mass is 10.1. The van der Waals surface area contributed by atoms with Crippen molar-refractivity contribution in [3.8, 4) is 11.5 Å². The maximum atomic E-state index is 12.5. The van der Waals surface area contributed by atoms with Crippen molar-refractivity contribution in [3.63, 3.8) is 0 Å². The zero-order valence-corrected chi connectivity index (χ0v) is 16.7. The van der Waals surface area contributed by atoms with Gasteiger partial charge in [-0.05, 0) is 54.1 Å². The van der Waals surface area contributed by atoms with Gasteiger partial charge in [0.25, 0.3) is 11.8 Å². The number of nitrogens with two attached hydrogens (primary N) is 1. The lowest BCUT2D eigenvalue weighted by Gasteiger charge is -2.11. The number of carbonyl (C=O) groups is 2. The summed E-state index contributed by atoms with van der Waals surface area (Å²) in [4.78, 5) is 24.0. The van der Waals surface area contributed by atoms with Crippen molar-refractivity contribution < 1.29 is 32.2 Å². The van der Waals surface area contributed by atoms with Crippen LogP contribution in [0.1, 0.15) is 26.3 Å². The van der Waals surface area contributed by atoms with Crippen molar-refractivity contribution in [2.75, 3.05) is 11.9 Å². The molecule has 32 heavy (non-hydrogen) atoms. The van der Waals surface area contributed by atoms with Crippen molar-refractivity contribution in [2.24, 2.45) is 5.73 Å². The van der Waals surface area contributed by atoms with Crippen molar-refractivity contribution in [1.82, 2.24) is 0 Å². The number of rotatable bonds is 8. The predicted molar refractivity (Wildman–Crippen MR) is 112 cm³/mol. The monoisotopic (exact) mass is 444 g/mol. The molecular formula is C23H19F3N2O4. The molecule has 3 aromatic carbocycles. The molecule has 2 amide bonds. The molecule has 0 saturated carbocycles. The molecule has 0 bridgehead atoms. The average Bonchev–Trinajstić information content (AvgIpc) is 2.77. The number of nitrogens with one attached hydrogen (secondary N) is 1. The Morgan fingerprint density at radius 2 is 1.62 bits per heavy atom. The molecule has 0 fully saturated rings. The van der Waals surface area contributed by atoms with Gasteiger partial charge in [0.1, 0.15) is 18.1 Å². The molecule has 0 spiro atoms. The summed E-state index contributed by atoms with van der Waals surface area (Å²) in [6.45, 7) is -1.28. The summed E-state index contributed by atoms with van der Waals surface area (Å²) in [5, 5.41) is 2.66. The molecule has 3 N–H and O–H groups in total. The van der Waals surface area contributed by atoms with Gasteiger partial charge in [0, 0.05) is 11.3 Å². The van der Waals surface area contributed by atoms with Crippen LogP contribution in [0.2, 0.25) is 0 Å². The van der Waals surface area contributed by atoms with E-state index in [9.17, 15) is 22.8 Å². The Hall–Kier alpha value is -4.01. The van der Waals surface area contributed by atoms with Crippen molar-refractivity contribution in [1.29, 1.82) is 0 Å². The van der Waals surface area contributed by atoms with E-state index in [1.54, 1.807) is 48.5 Å². The van der Waals surface area contributed by atoms with Gasteiger partial charge >= 0.3 is 6.18 Å². The van der Waals surface area contributed by atoms with Crippen molar-refractivity contribution in [2.45, 2.75) is 12.8 Å². The van der Waals surface area contributed by atoms with Gasteiger partial charge in [0.2, 0.25) is 0 Å². The topological polar surface area (TPSA) is 90.7 Å². The Labute approximate surface area is 181 Å². The van der Waals surface area contributed by atoms with Gasteiger partial charge in [-0.15, -0.1) is 0 Å². The van der Waals surface area contributed by atoms with Crippen LogP contribution in [-0.4, -0.2) is 24.6 Å². The van der Waals surface area contributed by atoms with Crippen molar-refractivity contribution in [3.05, 3.63) is 89.5 Å². The maximum Gasteiger partial charge on any atom is 0.422 e. The Balaban J connectivity index is 1.61. The zero-order chi connectivity index (χ0) is 23.1. The molecule has 6 nitrogen and oxygen atoms in total. The molecule has 0 unspecified atom stereocenters. The molecule has 0 saturated heterocycles. The van der Waals surface area contributed by atoms with Crippen molar-refractivity contribution >= 4 is 17.5 Å². The lowest BCUT2D eigenvalue weighted by Crippen LogP contribution is -2.19. The summed E-state index contributed by atoms with van der Waals surface area (Å²) in [7, 11) is 0. The summed E-state index contributed by atoms with van der Waals surface area (Å²) in [6, 6.07) is 18.8.